The van der Waals surface area contributed by atoms with E-state index in [9.17, 15) is 0 Å². The first-order valence-corrected chi connectivity index (χ1v) is 19.9. The summed E-state index contributed by atoms with van der Waals surface area (Å²) in [6.45, 7) is 0. The topological polar surface area (TPSA) is 8.17 Å². The Labute approximate surface area is 338 Å². The smallest absolute Gasteiger partial charge is 0.0541 e. The van der Waals surface area contributed by atoms with Gasteiger partial charge in [0.15, 0.2) is 0 Å². The van der Waals surface area contributed by atoms with Gasteiger partial charge in [0.05, 0.1) is 11.0 Å². The summed E-state index contributed by atoms with van der Waals surface area (Å²) in [4.78, 5) is 2.38. The van der Waals surface area contributed by atoms with Crippen LogP contribution in [0.2, 0.25) is 0 Å². The van der Waals surface area contributed by atoms with Crippen molar-refractivity contribution >= 4 is 60.4 Å². The Balaban J connectivity index is 0.967. The Morgan fingerprint density at radius 3 is 1.12 bits per heavy atom. The maximum absolute atomic E-state index is 2.38. The number of rotatable bonds is 7. The Hall–Kier alpha value is -7.68. The maximum Gasteiger partial charge on any atom is 0.0541 e. The van der Waals surface area contributed by atoms with Gasteiger partial charge in [-0.1, -0.05) is 158 Å². The van der Waals surface area contributed by atoms with Crippen LogP contribution in [-0.4, -0.2) is 4.57 Å². The molecule has 0 fully saturated rings. The minimum absolute atomic E-state index is 1.10. The van der Waals surface area contributed by atoms with Crippen LogP contribution in [0.5, 0.6) is 0 Å². The lowest BCUT2D eigenvalue weighted by atomic mass is 9.99. The van der Waals surface area contributed by atoms with Crippen molar-refractivity contribution in [3.63, 3.8) is 0 Å². The molecule has 0 aliphatic heterocycles. The standard InChI is InChI=1S/C56H38N2/c1-3-11-39(12-4-1)43-19-21-47-37-51(33-27-45(47)35-43)57(52-34-28-46-36-44(20-22-48(46)38-52)40-13-5-2-6-14-40)49-29-23-41(24-30-49)42-25-31-50(32-26-42)58-55-17-9-7-15-53(55)54-16-8-10-18-56(54)58/h1-38H. The van der Waals surface area contributed by atoms with Crippen LogP contribution in [0.4, 0.5) is 17.1 Å². The van der Waals surface area contributed by atoms with Crippen molar-refractivity contribution in [1.82, 2.24) is 4.57 Å². The molecule has 0 bridgehead atoms. The zero-order valence-electron chi connectivity index (χ0n) is 31.8. The number of nitrogens with zero attached hydrogens (tertiary/aromatic N) is 2. The Morgan fingerprint density at radius 2 is 0.621 bits per heavy atom. The molecule has 0 saturated carbocycles. The molecule has 1 heterocycles. The molecule has 10 aromatic carbocycles. The molecule has 0 unspecified atom stereocenters. The van der Waals surface area contributed by atoms with Gasteiger partial charge in [0.1, 0.15) is 0 Å². The van der Waals surface area contributed by atoms with E-state index in [1.165, 1.54) is 76.7 Å². The largest absolute Gasteiger partial charge is 0.310 e. The van der Waals surface area contributed by atoms with Crippen LogP contribution in [0.15, 0.2) is 231 Å². The third-order valence-corrected chi connectivity index (χ3v) is 11.5. The summed E-state index contributed by atoms with van der Waals surface area (Å²) in [6, 6.07) is 83.7. The second-order valence-corrected chi connectivity index (χ2v) is 15.0. The van der Waals surface area contributed by atoms with Gasteiger partial charge in [-0.3, -0.25) is 0 Å². The summed E-state index contributed by atoms with van der Waals surface area (Å²) in [5.41, 5.74) is 14.2. The van der Waals surface area contributed by atoms with Crippen LogP contribution in [0.1, 0.15) is 0 Å². The third kappa shape index (κ3) is 6.00. The number of para-hydroxylation sites is 2. The number of anilines is 3. The highest BCUT2D eigenvalue weighted by molar-refractivity contribution is 6.09. The van der Waals surface area contributed by atoms with Crippen molar-refractivity contribution in [3.8, 4) is 39.1 Å². The van der Waals surface area contributed by atoms with E-state index >= 15 is 0 Å². The number of hydrogen-bond acceptors (Lipinski definition) is 1. The molecule has 0 radical (unpaired) electrons. The summed E-state index contributed by atoms with van der Waals surface area (Å²) in [6.07, 6.45) is 0. The molecule has 2 nitrogen and oxygen atoms in total. The van der Waals surface area contributed by atoms with Crippen LogP contribution in [0.3, 0.4) is 0 Å². The van der Waals surface area contributed by atoms with Crippen molar-refractivity contribution < 1.29 is 0 Å². The number of benzene rings is 10. The normalized spacial score (nSPS) is 11.4. The van der Waals surface area contributed by atoms with E-state index in [1.807, 2.05) is 0 Å². The van der Waals surface area contributed by atoms with Crippen molar-refractivity contribution in [2.24, 2.45) is 0 Å². The minimum Gasteiger partial charge on any atom is -0.310 e. The fourth-order valence-corrected chi connectivity index (χ4v) is 8.62. The molecular weight excluding hydrogens is 701 g/mol. The molecule has 0 N–H and O–H groups in total. The van der Waals surface area contributed by atoms with Crippen LogP contribution in [0.25, 0.3) is 82.4 Å². The zero-order valence-corrected chi connectivity index (χ0v) is 31.8. The van der Waals surface area contributed by atoms with Crippen molar-refractivity contribution in [3.05, 3.63) is 231 Å². The van der Waals surface area contributed by atoms with Crippen LogP contribution < -0.4 is 4.90 Å². The van der Waals surface area contributed by atoms with Crippen LogP contribution in [0, 0.1) is 0 Å². The van der Waals surface area contributed by atoms with E-state index in [1.54, 1.807) is 0 Å². The number of fused-ring (bicyclic) bond motifs is 5. The average molecular weight is 739 g/mol. The van der Waals surface area contributed by atoms with E-state index in [2.05, 4.69) is 240 Å². The highest BCUT2D eigenvalue weighted by Crippen LogP contribution is 2.40. The molecule has 1 aromatic heterocycles. The molecular formula is C56H38N2. The SMILES string of the molecule is c1ccc(-c2ccc3cc(N(c4ccc(-c5ccc(-n6c7ccccc7c7ccccc76)cc5)cc4)c4ccc5cc(-c6ccccc6)ccc5c4)ccc3c2)cc1. The van der Waals surface area contributed by atoms with E-state index in [4.69, 9.17) is 0 Å². The maximum atomic E-state index is 2.38. The average Bonchev–Trinajstić information content (AvgIpc) is 3.64. The van der Waals surface area contributed by atoms with E-state index < -0.39 is 0 Å². The third-order valence-electron chi connectivity index (χ3n) is 11.5. The molecule has 0 saturated heterocycles. The van der Waals surface area contributed by atoms with Gasteiger partial charge in [0.2, 0.25) is 0 Å². The van der Waals surface area contributed by atoms with Gasteiger partial charge in [-0.25, -0.2) is 0 Å². The molecule has 0 aliphatic rings. The molecule has 0 aliphatic carbocycles. The van der Waals surface area contributed by atoms with Crippen molar-refractivity contribution in [1.29, 1.82) is 0 Å². The molecule has 0 amide bonds. The molecule has 11 rings (SSSR count). The molecule has 0 atom stereocenters. The summed E-state index contributed by atoms with van der Waals surface area (Å²) in [7, 11) is 0. The van der Waals surface area contributed by atoms with Gasteiger partial charge in [0, 0.05) is 33.5 Å². The highest BCUT2D eigenvalue weighted by Gasteiger charge is 2.16. The van der Waals surface area contributed by atoms with Gasteiger partial charge < -0.3 is 9.47 Å². The van der Waals surface area contributed by atoms with Crippen LogP contribution >= 0.6 is 0 Å². The van der Waals surface area contributed by atoms with Gasteiger partial charge in [0.25, 0.3) is 0 Å². The monoisotopic (exact) mass is 738 g/mol. The van der Waals surface area contributed by atoms with Gasteiger partial charge >= 0.3 is 0 Å². The molecule has 11 aromatic rings. The van der Waals surface area contributed by atoms with E-state index in [-0.39, 0.29) is 0 Å². The Kier molecular flexibility index (Phi) is 8.19. The summed E-state index contributed by atoms with van der Waals surface area (Å²) in [5.74, 6) is 0. The second kappa shape index (κ2) is 14.1. The fourth-order valence-electron chi connectivity index (χ4n) is 8.62. The second-order valence-electron chi connectivity index (χ2n) is 15.0. The lowest BCUT2D eigenvalue weighted by molar-refractivity contribution is 1.18. The first-order valence-electron chi connectivity index (χ1n) is 19.9. The van der Waals surface area contributed by atoms with Crippen molar-refractivity contribution in [2.75, 3.05) is 4.90 Å². The molecule has 0 spiro atoms. The van der Waals surface area contributed by atoms with Gasteiger partial charge in [-0.2, -0.15) is 0 Å². The summed E-state index contributed by atoms with van der Waals surface area (Å²) >= 11 is 0. The lowest BCUT2D eigenvalue weighted by Gasteiger charge is -2.26. The first-order chi connectivity index (χ1) is 28.7. The van der Waals surface area contributed by atoms with Crippen LogP contribution in [-0.2, 0) is 0 Å². The quantitative estimate of drug-likeness (QED) is 0.158. The Morgan fingerprint density at radius 1 is 0.259 bits per heavy atom. The predicted molar refractivity (Wildman–Crippen MR) is 247 cm³/mol. The summed E-state index contributed by atoms with van der Waals surface area (Å²) in [5, 5.41) is 7.39. The Bertz CT molecular complexity index is 3080. The molecule has 58 heavy (non-hydrogen) atoms. The van der Waals surface area contributed by atoms with E-state index in [0.717, 1.165) is 22.7 Å². The number of aromatic nitrogens is 1. The lowest BCUT2D eigenvalue weighted by Crippen LogP contribution is -2.10. The molecule has 272 valence electrons. The zero-order chi connectivity index (χ0) is 38.4. The van der Waals surface area contributed by atoms with Crippen molar-refractivity contribution in [2.45, 2.75) is 0 Å². The predicted octanol–water partition coefficient (Wildman–Crippen LogP) is 15.6. The highest BCUT2D eigenvalue weighted by atomic mass is 15.1. The molecule has 2 heteroatoms. The number of hydrogen-bond donors (Lipinski definition) is 0. The van der Waals surface area contributed by atoms with Gasteiger partial charge in [-0.15, -0.1) is 0 Å². The summed E-state index contributed by atoms with van der Waals surface area (Å²) < 4.78 is 2.37. The fraction of sp³-hybridized carbons (Fsp3) is 0. The minimum atomic E-state index is 1.10. The van der Waals surface area contributed by atoms with E-state index in [0.29, 0.717) is 0 Å². The first kappa shape index (κ1) is 33.6. The van der Waals surface area contributed by atoms with Gasteiger partial charge in [-0.05, 0) is 128 Å².